The Hall–Kier alpha value is -1.51. The van der Waals surface area contributed by atoms with Crippen LogP contribution < -0.4 is 4.90 Å². The Morgan fingerprint density at radius 1 is 1.14 bits per heavy atom. The van der Waals surface area contributed by atoms with Crippen LogP contribution in [-0.4, -0.2) is 17.7 Å². The van der Waals surface area contributed by atoms with Gasteiger partial charge in [-0.25, -0.2) is 4.79 Å². The lowest BCUT2D eigenvalue weighted by atomic mass is 9.82. The third-order valence-corrected chi connectivity index (χ3v) is 4.80. The number of benzene rings is 1. The van der Waals surface area contributed by atoms with Gasteiger partial charge in [-0.2, -0.15) is 0 Å². The minimum atomic E-state index is -0.453. The zero-order valence-electron chi connectivity index (χ0n) is 14.0. The van der Waals surface area contributed by atoms with E-state index < -0.39 is 5.60 Å². The van der Waals surface area contributed by atoms with Gasteiger partial charge in [0.2, 0.25) is 0 Å². The lowest BCUT2D eigenvalue weighted by molar-refractivity contribution is 0.0554. The summed E-state index contributed by atoms with van der Waals surface area (Å²) in [5.74, 6) is 0.605. The number of carbonyl (C=O) groups excluding carboxylic acids is 1. The normalized spacial score (nSPS) is 22.5. The summed E-state index contributed by atoms with van der Waals surface area (Å²) in [6.07, 6.45) is 7.17. The Morgan fingerprint density at radius 2 is 1.82 bits per heavy atom. The molecule has 120 valence electrons. The second kappa shape index (κ2) is 5.94. The maximum Gasteiger partial charge on any atom is 0.415 e. The molecule has 1 amide bonds. The molecule has 1 heterocycles. The van der Waals surface area contributed by atoms with E-state index in [4.69, 9.17) is 4.74 Å². The number of anilines is 1. The molecule has 1 aliphatic carbocycles. The highest BCUT2D eigenvalue weighted by Gasteiger charge is 2.40. The molecule has 0 N–H and O–H groups in total. The maximum atomic E-state index is 12.8. The van der Waals surface area contributed by atoms with Crippen LogP contribution in [0.5, 0.6) is 0 Å². The van der Waals surface area contributed by atoms with E-state index in [0.29, 0.717) is 5.92 Å². The van der Waals surface area contributed by atoms with Crippen molar-refractivity contribution in [3.63, 3.8) is 0 Å². The van der Waals surface area contributed by atoms with Gasteiger partial charge in [-0.3, -0.25) is 4.90 Å². The van der Waals surface area contributed by atoms with Crippen LogP contribution in [0.1, 0.15) is 58.4 Å². The maximum absolute atomic E-state index is 12.8. The van der Waals surface area contributed by atoms with Crippen LogP contribution >= 0.6 is 0 Å². The molecule has 0 spiro atoms. The second-order valence-corrected chi connectivity index (χ2v) is 7.65. The molecule has 0 bridgehead atoms. The van der Waals surface area contributed by atoms with Crippen molar-refractivity contribution >= 4 is 11.8 Å². The lowest BCUT2D eigenvalue weighted by Gasteiger charge is -2.35. The Labute approximate surface area is 133 Å². The fourth-order valence-corrected chi connectivity index (χ4v) is 3.85. The standard InChI is InChI=1S/C19H27NO2/c1-19(2,3)22-18(21)20-16-12-8-7-11-15(16)13-17(20)14-9-5-4-6-10-14/h7-8,11-12,14,17H,4-6,9-10,13H2,1-3H3/t17-/m0/s1. The number of fused-ring (bicyclic) bond motifs is 1. The van der Waals surface area contributed by atoms with Crippen molar-refractivity contribution < 1.29 is 9.53 Å². The lowest BCUT2D eigenvalue weighted by Crippen LogP contribution is -2.45. The highest BCUT2D eigenvalue weighted by Crippen LogP contribution is 2.40. The fraction of sp³-hybridized carbons (Fsp3) is 0.632. The van der Waals surface area contributed by atoms with Gasteiger partial charge in [0, 0.05) is 6.04 Å². The first kappa shape index (κ1) is 15.4. The van der Waals surface area contributed by atoms with E-state index in [1.807, 2.05) is 31.7 Å². The zero-order valence-corrected chi connectivity index (χ0v) is 14.0. The minimum Gasteiger partial charge on any atom is -0.443 e. The van der Waals surface area contributed by atoms with E-state index in [2.05, 4.69) is 18.2 Å². The van der Waals surface area contributed by atoms with Crippen molar-refractivity contribution in [3.05, 3.63) is 29.8 Å². The van der Waals surface area contributed by atoms with Crippen LogP contribution in [0.25, 0.3) is 0 Å². The molecule has 3 rings (SSSR count). The largest absolute Gasteiger partial charge is 0.443 e. The molecule has 3 heteroatoms. The molecule has 0 radical (unpaired) electrons. The predicted octanol–water partition coefficient (Wildman–Crippen LogP) is 4.93. The molecule has 1 atom stereocenters. The van der Waals surface area contributed by atoms with E-state index in [1.54, 1.807) is 0 Å². The number of carbonyl (C=O) groups is 1. The van der Waals surface area contributed by atoms with Gasteiger partial charge < -0.3 is 4.74 Å². The van der Waals surface area contributed by atoms with Crippen molar-refractivity contribution in [2.24, 2.45) is 5.92 Å². The SMILES string of the molecule is CC(C)(C)OC(=O)N1c2ccccc2C[C@H]1C1CCCCC1. The van der Waals surface area contributed by atoms with Crippen molar-refractivity contribution in [2.75, 3.05) is 4.90 Å². The van der Waals surface area contributed by atoms with Crippen LogP contribution in [0.3, 0.4) is 0 Å². The molecular weight excluding hydrogens is 274 g/mol. The average molecular weight is 301 g/mol. The predicted molar refractivity (Wildman–Crippen MR) is 89.2 cm³/mol. The fourth-order valence-electron chi connectivity index (χ4n) is 3.85. The molecule has 1 aromatic rings. The van der Waals surface area contributed by atoms with Gasteiger partial charge in [-0.1, -0.05) is 37.5 Å². The van der Waals surface area contributed by atoms with Gasteiger partial charge in [0.05, 0.1) is 5.69 Å². The van der Waals surface area contributed by atoms with Crippen LogP contribution in [0.4, 0.5) is 10.5 Å². The summed E-state index contributed by atoms with van der Waals surface area (Å²) < 4.78 is 5.69. The number of nitrogens with zero attached hydrogens (tertiary/aromatic N) is 1. The quantitative estimate of drug-likeness (QED) is 0.736. The monoisotopic (exact) mass is 301 g/mol. The van der Waals surface area contributed by atoms with E-state index in [0.717, 1.165) is 12.1 Å². The first-order chi connectivity index (χ1) is 10.5. The smallest absolute Gasteiger partial charge is 0.415 e. The van der Waals surface area contributed by atoms with E-state index in [1.165, 1.54) is 37.7 Å². The van der Waals surface area contributed by atoms with Crippen molar-refractivity contribution in [2.45, 2.75) is 70.9 Å². The Kier molecular flexibility index (Phi) is 4.16. The molecule has 2 aliphatic rings. The number of para-hydroxylation sites is 1. The van der Waals surface area contributed by atoms with Crippen LogP contribution in [-0.2, 0) is 11.2 Å². The molecule has 0 unspecified atom stereocenters. The summed E-state index contributed by atoms with van der Waals surface area (Å²) in [5.41, 5.74) is 1.88. The van der Waals surface area contributed by atoms with E-state index in [9.17, 15) is 4.79 Å². The molecule has 1 saturated carbocycles. The third kappa shape index (κ3) is 3.13. The van der Waals surface area contributed by atoms with Gasteiger partial charge in [-0.15, -0.1) is 0 Å². The minimum absolute atomic E-state index is 0.187. The van der Waals surface area contributed by atoms with Gasteiger partial charge in [0.15, 0.2) is 0 Å². The number of amides is 1. The summed E-state index contributed by atoms with van der Waals surface area (Å²) in [6, 6.07) is 8.56. The summed E-state index contributed by atoms with van der Waals surface area (Å²) in [6.45, 7) is 5.80. The summed E-state index contributed by atoms with van der Waals surface area (Å²) in [4.78, 5) is 14.7. The average Bonchev–Trinajstić information content (AvgIpc) is 2.86. The first-order valence-corrected chi connectivity index (χ1v) is 8.56. The topological polar surface area (TPSA) is 29.5 Å². The van der Waals surface area contributed by atoms with Crippen molar-refractivity contribution in [3.8, 4) is 0 Å². The van der Waals surface area contributed by atoms with Gasteiger partial charge in [0.25, 0.3) is 0 Å². The molecule has 0 saturated heterocycles. The van der Waals surface area contributed by atoms with Gasteiger partial charge in [-0.05, 0) is 57.6 Å². The van der Waals surface area contributed by atoms with Crippen LogP contribution in [0, 0.1) is 5.92 Å². The molecule has 1 aromatic carbocycles. The van der Waals surface area contributed by atoms with Crippen LogP contribution in [0.15, 0.2) is 24.3 Å². The second-order valence-electron chi connectivity index (χ2n) is 7.65. The number of hydrogen-bond acceptors (Lipinski definition) is 2. The number of hydrogen-bond donors (Lipinski definition) is 0. The number of rotatable bonds is 1. The Morgan fingerprint density at radius 3 is 2.50 bits per heavy atom. The molecule has 3 nitrogen and oxygen atoms in total. The zero-order chi connectivity index (χ0) is 15.7. The molecule has 1 fully saturated rings. The van der Waals surface area contributed by atoms with Gasteiger partial charge in [0.1, 0.15) is 5.60 Å². The summed E-state index contributed by atoms with van der Waals surface area (Å²) >= 11 is 0. The van der Waals surface area contributed by atoms with Crippen molar-refractivity contribution in [1.82, 2.24) is 0 Å². The summed E-state index contributed by atoms with van der Waals surface area (Å²) in [7, 11) is 0. The third-order valence-electron chi connectivity index (χ3n) is 4.80. The van der Waals surface area contributed by atoms with Gasteiger partial charge >= 0.3 is 6.09 Å². The van der Waals surface area contributed by atoms with Crippen molar-refractivity contribution in [1.29, 1.82) is 0 Å². The van der Waals surface area contributed by atoms with Crippen LogP contribution in [0.2, 0.25) is 0 Å². The summed E-state index contributed by atoms with van der Waals surface area (Å²) in [5, 5.41) is 0. The highest BCUT2D eigenvalue weighted by atomic mass is 16.6. The molecule has 1 aliphatic heterocycles. The molecular formula is C19H27NO2. The Balaban J connectivity index is 1.88. The molecule has 22 heavy (non-hydrogen) atoms. The van der Waals surface area contributed by atoms with E-state index in [-0.39, 0.29) is 12.1 Å². The van der Waals surface area contributed by atoms with E-state index >= 15 is 0 Å². The highest BCUT2D eigenvalue weighted by molar-refractivity contribution is 5.91. The molecule has 0 aromatic heterocycles. The first-order valence-electron chi connectivity index (χ1n) is 8.56. The Bertz CT molecular complexity index is 541. The number of ether oxygens (including phenoxy) is 1.